The minimum Gasteiger partial charge on any atom is -0.0590 e. The zero-order valence-corrected chi connectivity index (χ0v) is 30.5. The van der Waals surface area contributed by atoms with E-state index in [1.807, 2.05) is 0 Å². The molecular formula is C52H38. The summed E-state index contributed by atoms with van der Waals surface area (Å²) >= 11 is 0. The van der Waals surface area contributed by atoms with E-state index in [1.165, 1.54) is 142 Å². The number of hydrogen-bond donors (Lipinski definition) is 0. The molecule has 0 saturated carbocycles. The lowest BCUT2D eigenvalue weighted by molar-refractivity contribution is 1.40. The minimum atomic E-state index is 1.29. The monoisotopic (exact) mass is 662 g/mol. The summed E-state index contributed by atoms with van der Waals surface area (Å²) < 4.78 is 0. The van der Waals surface area contributed by atoms with Gasteiger partial charge in [-0.1, -0.05) is 107 Å². The summed E-state index contributed by atoms with van der Waals surface area (Å²) in [6.07, 6.45) is 0. The third kappa shape index (κ3) is 3.98. The van der Waals surface area contributed by atoms with Crippen LogP contribution in [0.2, 0.25) is 0 Å². The Kier molecular flexibility index (Phi) is 5.89. The van der Waals surface area contributed by atoms with E-state index in [0.717, 1.165) is 0 Å². The first-order valence-corrected chi connectivity index (χ1v) is 18.6. The van der Waals surface area contributed by atoms with E-state index >= 15 is 0 Å². The molecule has 0 aromatic heterocycles. The van der Waals surface area contributed by atoms with Gasteiger partial charge in [-0.25, -0.2) is 0 Å². The zero-order valence-electron chi connectivity index (χ0n) is 30.5. The predicted octanol–water partition coefficient (Wildman–Crippen LogP) is 15.0. The molecule has 52 heavy (non-hydrogen) atoms. The van der Waals surface area contributed by atoms with Gasteiger partial charge in [0.2, 0.25) is 0 Å². The Balaban J connectivity index is 1.35. The van der Waals surface area contributed by atoms with Gasteiger partial charge in [-0.2, -0.15) is 0 Å². The van der Waals surface area contributed by atoms with Crippen LogP contribution in [-0.4, -0.2) is 0 Å². The Hall–Kier alpha value is -5.98. The molecule has 0 radical (unpaired) electrons. The van der Waals surface area contributed by atoms with Crippen molar-refractivity contribution in [2.45, 2.75) is 41.5 Å². The van der Waals surface area contributed by atoms with Crippen LogP contribution >= 0.6 is 0 Å². The highest BCUT2D eigenvalue weighted by atomic mass is 14.2. The van der Waals surface area contributed by atoms with Gasteiger partial charge in [0, 0.05) is 0 Å². The smallest absolute Gasteiger partial charge is 0.00195 e. The second-order valence-corrected chi connectivity index (χ2v) is 15.7. The topological polar surface area (TPSA) is 0 Å². The Morgan fingerprint density at radius 3 is 0.923 bits per heavy atom. The molecule has 0 unspecified atom stereocenters. The predicted molar refractivity (Wildman–Crippen MR) is 228 cm³/mol. The molecule has 0 amide bonds. The van der Waals surface area contributed by atoms with Gasteiger partial charge in [0.15, 0.2) is 0 Å². The van der Waals surface area contributed by atoms with Crippen molar-refractivity contribution in [1.82, 2.24) is 0 Å². The fourth-order valence-electron chi connectivity index (χ4n) is 9.63. The summed E-state index contributed by atoms with van der Waals surface area (Å²) in [5.41, 5.74) is 13.0. The normalized spacial score (nSPS) is 12.4. The summed E-state index contributed by atoms with van der Waals surface area (Å²) in [6.45, 7) is 13.3. The van der Waals surface area contributed by atoms with Crippen LogP contribution in [-0.2, 0) is 0 Å². The van der Waals surface area contributed by atoms with Crippen LogP contribution < -0.4 is 0 Å². The van der Waals surface area contributed by atoms with Crippen molar-refractivity contribution in [1.29, 1.82) is 0 Å². The van der Waals surface area contributed by atoms with Crippen LogP contribution in [0.3, 0.4) is 0 Å². The van der Waals surface area contributed by atoms with Crippen LogP contribution in [0.1, 0.15) is 33.4 Å². The average molecular weight is 663 g/mol. The molecule has 11 rings (SSSR count). The molecule has 0 atom stereocenters. The number of aryl methyl sites for hydroxylation is 6. The van der Waals surface area contributed by atoms with Crippen molar-refractivity contribution in [3.8, 4) is 22.3 Å². The molecule has 0 saturated heterocycles. The number of benzene rings is 9. The Morgan fingerprint density at radius 1 is 0.231 bits per heavy atom. The summed E-state index contributed by atoms with van der Waals surface area (Å²) in [7, 11) is 0. The molecule has 11 aromatic rings. The molecule has 0 N–H and O–H groups in total. The SMILES string of the molecule is Cc1ccc(C)c(-c2cc3c4ccc5c(cc6c7ccc(C)cc7c7cc(-c8cc(C)ccc8C)cc5c76)c4cc4c5ccc(C)cc5c(c2)c34)c1. The number of fused-ring (bicyclic) bond motifs is 11. The van der Waals surface area contributed by atoms with Gasteiger partial charge in [0.1, 0.15) is 0 Å². The van der Waals surface area contributed by atoms with Gasteiger partial charge < -0.3 is 0 Å². The van der Waals surface area contributed by atoms with Crippen LogP contribution in [0.15, 0.2) is 121 Å². The Labute approximate surface area is 303 Å². The first-order chi connectivity index (χ1) is 25.2. The Morgan fingerprint density at radius 2 is 0.519 bits per heavy atom. The minimum absolute atomic E-state index is 1.29. The molecule has 0 nitrogen and oxygen atoms in total. The van der Waals surface area contributed by atoms with Gasteiger partial charge in [0.05, 0.1) is 0 Å². The second-order valence-electron chi connectivity index (χ2n) is 15.7. The maximum absolute atomic E-state index is 2.52. The van der Waals surface area contributed by atoms with Crippen LogP contribution in [0.4, 0.5) is 0 Å². The van der Waals surface area contributed by atoms with E-state index in [2.05, 4.69) is 163 Å². The third-order valence-electron chi connectivity index (χ3n) is 12.2. The van der Waals surface area contributed by atoms with Crippen molar-refractivity contribution < 1.29 is 0 Å². The highest BCUT2D eigenvalue weighted by Gasteiger charge is 2.21. The molecule has 246 valence electrons. The summed E-state index contributed by atoms with van der Waals surface area (Å²) in [5.74, 6) is 0. The molecule has 0 bridgehead atoms. The molecule has 0 heterocycles. The molecular weight excluding hydrogens is 625 g/mol. The zero-order chi connectivity index (χ0) is 35.2. The van der Waals surface area contributed by atoms with Crippen molar-refractivity contribution in [3.05, 3.63) is 155 Å². The van der Waals surface area contributed by atoms with E-state index < -0.39 is 0 Å². The van der Waals surface area contributed by atoms with Crippen molar-refractivity contribution in [2.75, 3.05) is 0 Å². The standard InChI is InChI=1S/C52H38/c1-27-7-11-31(5)39(17-27)33-21-45-37-15-16-38-44(43(37)25-49-35-13-9-29(3)19-41(35)47(23-33)51(45)49)26-50-36-14-10-30(4)20-42(36)48-24-34(22-46(38)52(48)50)40-18-28(2)8-12-32(40)6/h7-26H,1-6H3. The van der Waals surface area contributed by atoms with E-state index in [0.29, 0.717) is 0 Å². The van der Waals surface area contributed by atoms with E-state index in [-0.39, 0.29) is 0 Å². The molecule has 0 fully saturated rings. The Bertz CT molecular complexity index is 3110. The van der Waals surface area contributed by atoms with Crippen molar-refractivity contribution >= 4 is 86.2 Å². The van der Waals surface area contributed by atoms with Gasteiger partial charge in [-0.15, -0.1) is 0 Å². The molecule has 11 aromatic carbocycles. The molecule has 0 aliphatic carbocycles. The summed E-state index contributed by atoms with van der Waals surface area (Å²) in [5, 5.41) is 21.5. The summed E-state index contributed by atoms with van der Waals surface area (Å²) in [6, 6.07) is 47.5. The van der Waals surface area contributed by atoms with Crippen LogP contribution in [0, 0.1) is 41.5 Å². The highest BCUT2D eigenvalue weighted by molar-refractivity contribution is 6.40. The fourth-order valence-corrected chi connectivity index (χ4v) is 9.63. The first-order valence-electron chi connectivity index (χ1n) is 18.6. The second kappa shape index (κ2) is 10.3. The van der Waals surface area contributed by atoms with E-state index in [4.69, 9.17) is 0 Å². The maximum Gasteiger partial charge on any atom is -0.00195 e. The maximum atomic E-state index is 2.52. The van der Waals surface area contributed by atoms with Crippen LogP contribution in [0.25, 0.3) is 108 Å². The van der Waals surface area contributed by atoms with E-state index in [1.54, 1.807) is 0 Å². The van der Waals surface area contributed by atoms with Crippen molar-refractivity contribution in [3.63, 3.8) is 0 Å². The van der Waals surface area contributed by atoms with Gasteiger partial charge in [-0.3, -0.25) is 0 Å². The lowest BCUT2D eigenvalue weighted by atomic mass is 9.88. The molecule has 0 spiro atoms. The van der Waals surface area contributed by atoms with Crippen LogP contribution in [0.5, 0.6) is 0 Å². The number of rotatable bonds is 2. The average Bonchev–Trinajstić information content (AvgIpc) is 3.62. The molecule has 0 aliphatic heterocycles. The quantitative estimate of drug-likeness (QED) is 0.162. The molecule has 0 heteroatoms. The lowest BCUT2D eigenvalue weighted by Crippen LogP contribution is -1.88. The number of hydrogen-bond acceptors (Lipinski definition) is 0. The first kappa shape index (κ1) is 29.7. The molecule has 0 aliphatic rings. The summed E-state index contributed by atoms with van der Waals surface area (Å²) in [4.78, 5) is 0. The van der Waals surface area contributed by atoms with Gasteiger partial charge in [-0.05, 0) is 198 Å². The van der Waals surface area contributed by atoms with Gasteiger partial charge in [0.25, 0.3) is 0 Å². The fraction of sp³-hybridized carbons (Fsp3) is 0.115. The lowest BCUT2D eigenvalue weighted by Gasteiger charge is -2.15. The van der Waals surface area contributed by atoms with Gasteiger partial charge >= 0.3 is 0 Å². The van der Waals surface area contributed by atoms with E-state index in [9.17, 15) is 0 Å². The third-order valence-corrected chi connectivity index (χ3v) is 12.2. The highest BCUT2D eigenvalue weighted by Crippen LogP contribution is 2.49. The largest absolute Gasteiger partial charge is 0.0590 e. The van der Waals surface area contributed by atoms with Crippen molar-refractivity contribution in [2.24, 2.45) is 0 Å².